The van der Waals surface area contributed by atoms with Crippen LogP contribution in [0.25, 0.3) is 11.0 Å². The van der Waals surface area contributed by atoms with Crippen LogP contribution >= 0.6 is 11.8 Å². The van der Waals surface area contributed by atoms with E-state index in [2.05, 4.69) is 0 Å². The maximum atomic E-state index is 13.6. The van der Waals surface area contributed by atoms with E-state index >= 15 is 0 Å². The largest absolute Gasteiger partial charge is 0.465 e. The zero-order chi connectivity index (χ0) is 22.0. The number of para-hydroxylation sites is 2. The third-order valence-corrected chi connectivity index (χ3v) is 6.21. The highest BCUT2D eigenvalue weighted by atomic mass is 32.2. The van der Waals surface area contributed by atoms with E-state index in [0.29, 0.717) is 19.1 Å². The highest BCUT2D eigenvalue weighted by molar-refractivity contribution is 7.98. The first-order chi connectivity index (χ1) is 15.1. The quantitative estimate of drug-likeness (QED) is 0.319. The van der Waals surface area contributed by atoms with E-state index in [-0.39, 0.29) is 12.5 Å². The highest BCUT2D eigenvalue weighted by Gasteiger charge is 2.47. The number of hydrogen-bond donors (Lipinski definition) is 0. The molecule has 1 amide bonds. The van der Waals surface area contributed by atoms with Crippen molar-refractivity contribution in [1.82, 2.24) is 9.55 Å². The first kappa shape index (κ1) is 21.4. The summed E-state index contributed by atoms with van der Waals surface area (Å²) < 4.78 is 12.6. The Morgan fingerprint density at radius 3 is 2.58 bits per heavy atom. The molecule has 31 heavy (non-hydrogen) atoms. The van der Waals surface area contributed by atoms with Crippen molar-refractivity contribution in [3.8, 4) is 0 Å². The number of ether oxygens (including phenoxy) is 2. The Bertz CT molecular complexity index is 1100. The van der Waals surface area contributed by atoms with Gasteiger partial charge in [-0.2, -0.15) is 0 Å². The summed E-state index contributed by atoms with van der Waals surface area (Å²) >= 11 is 1.64. The van der Waals surface area contributed by atoms with E-state index in [1.807, 2.05) is 59.4 Å². The zero-order valence-electron chi connectivity index (χ0n) is 17.8. The topological polar surface area (TPSA) is 73.7 Å². The van der Waals surface area contributed by atoms with Crippen molar-refractivity contribution in [2.24, 2.45) is 5.92 Å². The van der Waals surface area contributed by atoms with E-state index in [9.17, 15) is 9.59 Å². The Hall–Kier alpha value is -2.84. The number of carbonyl (C=O) groups excluding carboxylic acids is 2. The molecule has 2 heterocycles. The third-order valence-electron chi connectivity index (χ3n) is 5.46. The molecule has 1 aliphatic heterocycles. The number of rotatable bonds is 7. The predicted octanol–water partition coefficient (Wildman–Crippen LogP) is 3.52. The Balaban J connectivity index is 1.95. The van der Waals surface area contributed by atoms with Gasteiger partial charge in [-0.25, -0.2) is 4.98 Å². The summed E-state index contributed by atoms with van der Waals surface area (Å²) in [5.74, 6) is -1.35. The Morgan fingerprint density at radius 1 is 1.16 bits per heavy atom. The standard InChI is InChI=1S/C23H25N3O4S/c1-4-30-22(28)19-20(15-9-11-16(31-3)12-10-15)26-18-8-6-5-7-17(18)24-23(26)25(21(19)27)13-14-29-2/h5-12,19-20H,4,13-14H2,1-3H3/t19-,20+/m0/s1. The number of thioether (sulfide) groups is 1. The van der Waals surface area contributed by atoms with Gasteiger partial charge in [0, 0.05) is 12.0 Å². The second-order valence-corrected chi connectivity index (χ2v) is 8.08. The number of aromatic nitrogens is 2. The molecule has 0 fully saturated rings. The average Bonchev–Trinajstić information content (AvgIpc) is 3.17. The highest BCUT2D eigenvalue weighted by Crippen LogP contribution is 2.41. The summed E-state index contributed by atoms with van der Waals surface area (Å²) in [7, 11) is 1.58. The molecule has 0 radical (unpaired) electrons. The molecule has 0 saturated heterocycles. The predicted molar refractivity (Wildman–Crippen MR) is 120 cm³/mol. The van der Waals surface area contributed by atoms with Gasteiger partial charge in [-0.15, -0.1) is 11.8 Å². The Kier molecular flexibility index (Phi) is 6.29. The number of anilines is 1. The van der Waals surface area contributed by atoms with Crippen LogP contribution in [0.5, 0.6) is 0 Å². The van der Waals surface area contributed by atoms with Gasteiger partial charge in [-0.1, -0.05) is 24.3 Å². The van der Waals surface area contributed by atoms with Gasteiger partial charge in [0.1, 0.15) is 0 Å². The van der Waals surface area contributed by atoms with Gasteiger partial charge in [0.25, 0.3) is 0 Å². The van der Waals surface area contributed by atoms with Crippen molar-refractivity contribution >= 4 is 40.6 Å². The minimum absolute atomic E-state index is 0.205. The van der Waals surface area contributed by atoms with E-state index in [1.165, 1.54) is 4.90 Å². The van der Waals surface area contributed by atoms with E-state index < -0.39 is 17.9 Å². The molecule has 7 nitrogen and oxygen atoms in total. The van der Waals surface area contributed by atoms with Crippen molar-refractivity contribution in [3.63, 3.8) is 0 Å². The van der Waals surface area contributed by atoms with Gasteiger partial charge >= 0.3 is 5.97 Å². The van der Waals surface area contributed by atoms with Crippen LogP contribution in [-0.4, -0.2) is 54.6 Å². The van der Waals surface area contributed by atoms with Crippen molar-refractivity contribution in [1.29, 1.82) is 0 Å². The Morgan fingerprint density at radius 2 is 1.90 bits per heavy atom. The average molecular weight is 440 g/mol. The summed E-state index contributed by atoms with van der Waals surface area (Å²) in [5.41, 5.74) is 2.49. The number of hydrogen-bond acceptors (Lipinski definition) is 6. The molecule has 0 spiro atoms. The fourth-order valence-electron chi connectivity index (χ4n) is 4.04. The fourth-order valence-corrected chi connectivity index (χ4v) is 4.45. The summed E-state index contributed by atoms with van der Waals surface area (Å²) in [6, 6.07) is 15.1. The first-order valence-electron chi connectivity index (χ1n) is 10.2. The number of esters is 1. The molecule has 2 atom stereocenters. The maximum absolute atomic E-state index is 13.6. The normalized spacial score (nSPS) is 18.3. The lowest BCUT2D eigenvalue weighted by Crippen LogP contribution is -2.51. The van der Waals surface area contributed by atoms with Crippen molar-refractivity contribution < 1.29 is 19.1 Å². The second-order valence-electron chi connectivity index (χ2n) is 7.20. The summed E-state index contributed by atoms with van der Waals surface area (Å²) in [6.45, 7) is 2.58. The molecule has 1 aliphatic rings. The molecule has 0 aliphatic carbocycles. The second kappa shape index (κ2) is 9.11. The van der Waals surface area contributed by atoms with Gasteiger partial charge in [-0.3, -0.25) is 14.5 Å². The molecule has 1 aromatic heterocycles. The van der Waals surface area contributed by atoms with Crippen LogP contribution in [0.4, 0.5) is 5.95 Å². The van der Waals surface area contributed by atoms with Crippen molar-refractivity contribution in [2.45, 2.75) is 17.9 Å². The molecule has 3 aromatic rings. The van der Waals surface area contributed by atoms with Crippen molar-refractivity contribution in [2.75, 3.05) is 38.0 Å². The zero-order valence-corrected chi connectivity index (χ0v) is 18.6. The molecule has 162 valence electrons. The molecule has 0 bridgehead atoms. The molecule has 4 rings (SSSR count). The summed E-state index contributed by atoms with van der Waals surface area (Å²) in [4.78, 5) is 34.1. The van der Waals surface area contributed by atoms with Gasteiger partial charge < -0.3 is 14.0 Å². The number of benzene rings is 2. The lowest BCUT2D eigenvalue weighted by molar-refractivity contribution is -0.153. The lowest BCUT2D eigenvalue weighted by atomic mass is 9.89. The van der Waals surface area contributed by atoms with E-state index in [4.69, 9.17) is 14.5 Å². The fraction of sp³-hybridized carbons (Fsp3) is 0.348. The number of methoxy groups -OCH3 is 1. The number of amides is 1. The molecule has 2 aromatic carbocycles. The first-order valence-corrected chi connectivity index (χ1v) is 11.4. The maximum Gasteiger partial charge on any atom is 0.321 e. The minimum atomic E-state index is -1.01. The van der Waals surface area contributed by atoms with Crippen LogP contribution in [0.1, 0.15) is 18.5 Å². The van der Waals surface area contributed by atoms with Crippen LogP contribution in [0.15, 0.2) is 53.4 Å². The lowest BCUT2D eigenvalue weighted by Gasteiger charge is -2.37. The number of fused-ring (bicyclic) bond motifs is 3. The van der Waals surface area contributed by atoms with Crippen molar-refractivity contribution in [3.05, 3.63) is 54.1 Å². The smallest absolute Gasteiger partial charge is 0.321 e. The van der Waals surface area contributed by atoms with Crippen LogP contribution in [0.3, 0.4) is 0 Å². The monoisotopic (exact) mass is 439 g/mol. The van der Waals surface area contributed by atoms with Gasteiger partial charge in [0.05, 0.1) is 36.8 Å². The molecule has 8 heteroatoms. The SMILES string of the molecule is CCOC(=O)[C@@H]1C(=O)N(CCOC)c2nc3ccccc3n2[C@@H]1c1ccc(SC)cc1. The number of nitrogens with zero attached hydrogens (tertiary/aromatic N) is 3. The van der Waals surface area contributed by atoms with Crippen LogP contribution in [0, 0.1) is 5.92 Å². The van der Waals surface area contributed by atoms with Gasteiger partial charge in [0.2, 0.25) is 11.9 Å². The van der Waals surface area contributed by atoms with Crippen LogP contribution in [0.2, 0.25) is 0 Å². The third kappa shape index (κ3) is 3.81. The minimum Gasteiger partial charge on any atom is -0.465 e. The number of carbonyl (C=O) groups is 2. The summed E-state index contributed by atoms with van der Waals surface area (Å²) in [5, 5.41) is 0. The van der Waals surface area contributed by atoms with E-state index in [0.717, 1.165) is 21.5 Å². The number of imidazole rings is 1. The van der Waals surface area contributed by atoms with Gasteiger partial charge in [0.15, 0.2) is 5.92 Å². The van der Waals surface area contributed by atoms with Crippen LogP contribution in [-0.2, 0) is 19.1 Å². The van der Waals surface area contributed by atoms with E-state index in [1.54, 1.807) is 25.8 Å². The molecular formula is C23H25N3O4S. The molecule has 0 saturated carbocycles. The van der Waals surface area contributed by atoms with Crippen LogP contribution < -0.4 is 4.90 Å². The molecule has 0 N–H and O–H groups in total. The molecular weight excluding hydrogens is 414 g/mol. The van der Waals surface area contributed by atoms with Gasteiger partial charge in [-0.05, 0) is 43.0 Å². The Labute approximate surface area is 185 Å². The molecule has 0 unspecified atom stereocenters. The summed E-state index contributed by atoms with van der Waals surface area (Å²) in [6.07, 6.45) is 2.01.